The largest absolute Gasteiger partial charge is 0.489 e. The van der Waals surface area contributed by atoms with Crippen LogP contribution in [0.4, 0.5) is 0 Å². The number of hydrogen-bond donors (Lipinski definition) is 0. The summed E-state index contributed by atoms with van der Waals surface area (Å²) in [6, 6.07) is 9.82. The van der Waals surface area contributed by atoms with E-state index in [0.717, 1.165) is 42.0 Å². The Morgan fingerprint density at radius 2 is 0.783 bits per heavy atom. The third kappa shape index (κ3) is 31.6. The zero-order valence-electron chi connectivity index (χ0n) is 45.1. The molecule has 8 heteroatoms. The molecular formula is C61H102O8. The average molecular weight is 963 g/mol. The lowest BCUT2D eigenvalue weighted by Gasteiger charge is -2.21. The molecule has 2 atom stereocenters. The molecule has 2 aromatic carbocycles. The molecular weight excluding hydrogens is 861 g/mol. The molecule has 0 bridgehead atoms. The summed E-state index contributed by atoms with van der Waals surface area (Å²) < 4.78 is 36.4. The molecule has 0 amide bonds. The van der Waals surface area contributed by atoms with Crippen LogP contribution in [-0.4, -0.2) is 63.8 Å². The van der Waals surface area contributed by atoms with Gasteiger partial charge in [-0.25, -0.2) is 9.59 Å². The third-order valence-electron chi connectivity index (χ3n) is 13.1. The van der Waals surface area contributed by atoms with E-state index in [1.807, 2.05) is 37.3 Å². The maximum Gasteiger partial charge on any atom is 0.333 e. The molecule has 2 unspecified atom stereocenters. The van der Waals surface area contributed by atoms with Gasteiger partial charge in [-0.1, -0.05) is 244 Å². The Labute approximate surface area is 422 Å². The van der Waals surface area contributed by atoms with Crippen molar-refractivity contribution in [2.45, 2.75) is 252 Å². The first-order valence-electron chi connectivity index (χ1n) is 28.3. The van der Waals surface area contributed by atoms with Gasteiger partial charge in [0, 0.05) is 35.1 Å². The second-order valence-corrected chi connectivity index (χ2v) is 20.1. The lowest BCUT2D eigenvalue weighted by molar-refractivity contribution is -0.150. The van der Waals surface area contributed by atoms with E-state index >= 15 is 0 Å². The van der Waals surface area contributed by atoms with E-state index in [1.165, 1.54) is 180 Å². The average Bonchev–Trinajstić information content (AvgIpc) is 3.34. The van der Waals surface area contributed by atoms with Gasteiger partial charge in [0.15, 0.2) is 12.2 Å². The van der Waals surface area contributed by atoms with Crippen LogP contribution in [0.3, 0.4) is 0 Å². The number of unbranched alkanes of at least 4 members (excludes halogenated alkanes) is 30. The van der Waals surface area contributed by atoms with Gasteiger partial charge >= 0.3 is 11.9 Å². The molecule has 0 radical (unpaired) electrons. The van der Waals surface area contributed by atoms with Gasteiger partial charge in [-0.2, -0.15) is 0 Å². The minimum Gasteiger partial charge on any atom is -0.489 e. The van der Waals surface area contributed by atoms with Crippen molar-refractivity contribution in [3.05, 3.63) is 60.2 Å². The molecule has 0 heterocycles. The van der Waals surface area contributed by atoms with Gasteiger partial charge in [0.05, 0.1) is 13.2 Å². The summed E-state index contributed by atoms with van der Waals surface area (Å²) in [6.07, 6.45) is 41.1. The molecule has 0 aromatic heterocycles. The number of hydrogen-bond acceptors (Lipinski definition) is 8. The van der Waals surface area contributed by atoms with Crippen LogP contribution in [0.25, 0.3) is 10.8 Å². The summed E-state index contributed by atoms with van der Waals surface area (Å²) in [5.74, 6) is 0.393. The lowest BCUT2D eigenvalue weighted by atomic mass is 10.0. The molecule has 0 spiro atoms. The van der Waals surface area contributed by atoms with Crippen molar-refractivity contribution >= 4 is 22.7 Å². The van der Waals surface area contributed by atoms with Gasteiger partial charge in [-0.3, -0.25) is 0 Å². The molecule has 0 aliphatic heterocycles. The number of ether oxygens (including phenoxy) is 6. The molecule has 0 N–H and O–H groups in total. The van der Waals surface area contributed by atoms with E-state index < -0.39 is 24.1 Å². The SMILES string of the molecule is C=C(C)C(=O)OC(COCCCCCCCCCCCCCCCCCC)COc1cccc2c(OCC(COCCCCCCCCCCCCCCCCCC)OC(=O)C(=C)C)c(C)ccc12. The summed E-state index contributed by atoms with van der Waals surface area (Å²) in [5.41, 5.74) is 1.60. The predicted octanol–water partition coefficient (Wildman–Crippen LogP) is 17.4. The molecule has 394 valence electrons. The Kier molecular flexibility index (Phi) is 37.9. The molecule has 8 nitrogen and oxygen atoms in total. The topological polar surface area (TPSA) is 89.5 Å². The standard InChI is InChI=1S/C61H102O8/c1-8-10-12-14-16-18-20-22-24-26-28-30-32-34-36-38-45-64-47-54(68-60(62)51(3)4)49-66-58-42-40-41-57-56(58)44-43-53(7)59(57)67-50-55(69-61(63)52(5)6)48-65-46-39-37-35-33-31-29-27-25-23-21-19-17-15-13-11-9-2/h40-44,54-55H,3,5,8-39,45-50H2,1-2,4,6-7H3. The Morgan fingerprint density at radius 3 is 1.14 bits per heavy atom. The lowest BCUT2D eigenvalue weighted by Crippen LogP contribution is -2.30. The van der Waals surface area contributed by atoms with Gasteiger partial charge < -0.3 is 28.4 Å². The van der Waals surface area contributed by atoms with Gasteiger partial charge in [0.2, 0.25) is 0 Å². The molecule has 69 heavy (non-hydrogen) atoms. The van der Waals surface area contributed by atoms with Crippen molar-refractivity contribution in [2.75, 3.05) is 39.6 Å². The Balaban J connectivity index is 1.77. The van der Waals surface area contributed by atoms with Crippen LogP contribution in [-0.2, 0) is 28.5 Å². The summed E-state index contributed by atoms with van der Waals surface area (Å²) in [5, 5.41) is 1.72. The van der Waals surface area contributed by atoms with Crippen LogP contribution < -0.4 is 9.47 Å². The van der Waals surface area contributed by atoms with E-state index in [2.05, 4.69) is 27.0 Å². The van der Waals surface area contributed by atoms with Crippen LogP contribution in [0.15, 0.2) is 54.6 Å². The van der Waals surface area contributed by atoms with Gasteiger partial charge in [-0.15, -0.1) is 0 Å². The zero-order chi connectivity index (χ0) is 50.0. The first-order valence-corrected chi connectivity index (χ1v) is 28.3. The smallest absolute Gasteiger partial charge is 0.333 e. The maximum atomic E-state index is 12.6. The highest BCUT2D eigenvalue weighted by atomic mass is 16.6. The van der Waals surface area contributed by atoms with Crippen LogP contribution in [0, 0.1) is 6.92 Å². The van der Waals surface area contributed by atoms with E-state index in [0.29, 0.717) is 35.9 Å². The van der Waals surface area contributed by atoms with Gasteiger partial charge in [-0.05, 0) is 45.2 Å². The second-order valence-electron chi connectivity index (χ2n) is 20.1. The summed E-state index contributed by atoms with van der Waals surface area (Å²) in [6.45, 7) is 19.3. The minimum absolute atomic E-state index is 0.122. The van der Waals surface area contributed by atoms with Crippen LogP contribution in [0.5, 0.6) is 11.5 Å². The first-order chi connectivity index (χ1) is 33.7. The van der Waals surface area contributed by atoms with E-state index in [-0.39, 0.29) is 26.4 Å². The van der Waals surface area contributed by atoms with E-state index in [4.69, 9.17) is 28.4 Å². The highest BCUT2D eigenvalue weighted by Crippen LogP contribution is 2.35. The predicted molar refractivity (Wildman–Crippen MR) is 290 cm³/mol. The fraction of sp³-hybridized carbons (Fsp3) is 0.738. The number of aryl methyl sites for hydroxylation is 1. The summed E-state index contributed by atoms with van der Waals surface area (Å²) in [4.78, 5) is 25.2. The van der Waals surface area contributed by atoms with Crippen molar-refractivity contribution in [1.82, 2.24) is 0 Å². The monoisotopic (exact) mass is 963 g/mol. The van der Waals surface area contributed by atoms with Crippen molar-refractivity contribution in [2.24, 2.45) is 0 Å². The minimum atomic E-state index is -0.604. The Morgan fingerprint density at radius 1 is 0.435 bits per heavy atom. The molecule has 0 saturated carbocycles. The fourth-order valence-corrected chi connectivity index (χ4v) is 8.76. The van der Waals surface area contributed by atoms with Crippen molar-refractivity contribution in [3.8, 4) is 11.5 Å². The molecule has 0 aliphatic rings. The summed E-state index contributed by atoms with van der Waals surface area (Å²) >= 11 is 0. The molecule has 0 saturated heterocycles. The van der Waals surface area contributed by atoms with Crippen LogP contribution in [0.1, 0.15) is 239 Å². The van der Waals surface area contributed by atoms with E-state index in [9.17, 15) is 9.59 Å². The number of fused-ring (bicyclic) bond motifs is 1. The van der Waals surface area contributed by atoms with Gasteiger partial charge in [0.1, 0.15) is 24.7 Å². The Bertz CT molecular complexity index is 1620. The molecule has 0 fully saturated rings. The molecule has 2 aromatic rings. The number of carbonyl (C=O) groups is 2. The van der Waals surface area contributed by atoms with Crippen LogP contribution in [0.2, 0.25) is 0 Å². The maximum absolute atomic E-state index is 12.6. The molecule has 2 rings (SSSR count). The van der Waals surface area contributed by atoms with Crippen molar-refractivity contribution < 1.29 is 38.0 Å². The van der Waals surface area contributed by atoms with E-state index in [1.54, 1.807) is 13.8 Å². The highest BCUT2D eigenvalue weighted by molar-refractivity contribution is 5.94. The van der Waals surface area contributed by atoms with Crippen molar-refractivity contribution in [1.29, 1.82) is 0 Å². The highest BCUT2D eigenvalue weighted by Gasteiger charge is 2.20. The third-order valence-corrected chi connectivity index (χ3v) is 13.1. The zero-order valence-corrected chi connectivity index (χ0v) is 45.1. The normalized spacial score (nSPS) is 12.2. The molecule has 0 aliphatic carbocycles. The summed E-state index contributed by atoms with van der Waals surface area (Å²) in [7, 11) is 0. The quantitative estimate of drug-likeness (QED) is 0.0368. The number of benzene rings is 2. The fourth-order valence-electron chi connectivity index (χ4n) is 8.76. The van der Waals surface area contributed by atoms with Gasteiger partial charge in [0.25, 0.3) is 0 Å². The van der Waals surface area contributed by atoms with Crippen LogP contribution >= 0.6 is 0 Å². The van der Waals surface area contributed by atoms with Crippen molar-refractivity contribution in [3.63, 3.8) is 0 Å². The number of esters is 2. The number of carbonyl (C=O) groups excluding carboxylic acids is 2. The number of rotatable bonds is 48. The Hall–Kier alpha value is -3.36. The second kappa shape index (κ2) is 42.3. The first kappa shape index (κ1) is 61.8.